The fourth-order valence-corrected chi connectivity index (χ4v) is 1.39. The summed E-state index contributed by atoms with van der Waals surface area (Å²) >= 11 is 0. The number of ether oxygens (including phenoxy) is 2. The summed E-state index contributed by atoms with van der Waals surface area (Å²) in [5.74, 6) is -0.362. The lowest BCUT2D eigenvalue weighted by Crippen LogP contribution is -2.32. The number of nitrogens with zero attached hydrogens (tertiary/aromatic N) is 1. The predicted molar refractivity (Wildman–Crippen MR) is 66.4 cm³/mol. The van der Waals surface area contributed by atoms with Gasteiger partial charge in [-0.1, -0.05) is 0 Å². The number of nitrogens with two attached hydrogens (primary N) is 1. The van der Waals surface area contributed by atoms with E-state index in [1.165, 1.54) is 32.2 Å². The van der Waals surface area contributed by atoms with Gasteiger partial charge in [0, 0.05) is 12.6 Å². The number of amides is 1. The zero-order valence-electron chi connectivity index (χ0n) is 10.6. The molecule has 2 N–H and O–H groups in total. The number of esters is 1. The second kappa shape index (κ2) is 5.90. The maximum atomic E-state index is 12.0. The van der Waals surface area contributed by atoms with Crippen LogP contribution in [0.25, 0.3) is 0 Å². The number of hydrogen-bond donors (Lipinski definition) is 1. The topological polar surface area (TPSA) is 81.9 Å². The highest BCUT2D eigenvalue weighted by molar-refractivity contribution is 5.96. The third kappa shape index (κ3) is 3.13. The van der Waals surface area contributed by atoms with Gasteiger partial charge in [-0.25, -0.2) is 0 Å². The van der Waals surface area contributed by atoms with Crippen molar-refractivity contribution in [2.45, 2.75) is 0 Å². The van der Waals surface area contributed by atoms with Crippen molar-refractivity contribution in [1.82, 2.24) is 4.90 Å². The van der Waals surface area contributed by atoms with E-state index in [0.29, 0.717) is 17.0 Å². The molecular formula is C12H16N2O4. The lowest BCUT2D eigenvalue weighted by atomic mass is 10.1. The molecule has 0 radical (unpaired) electrons. The van der Waals surface area contributed by atoms with E-state index < -0.39 is 5.97 Å². The van der Waals surface area contributed by atoms with Gasteiger partial charge in [-0.15, -0.1) is 0 Å². The molecule has 0 unspecified atom stereocenters. The maximum Gasteiger partial charge on any atom is 0.325 e. The van der Waals surface area contributed by atoms with Gasteiger partial charge in [0.15, 0.2) is 0 Å². The molecule has 18 heavy (non-hydrogen) atoms. The molecule has 0 atom stereocenters. The Labute approximate surface area is 105 Å². The number of benzene rings is 1. The zero-order chi connectivity index (χ0) is 13.7. The first-order valence-corrected chi connectivity index (χ1v) is 5.25. The average Bonchev–Trinajstić information content (AvgIpc) is 2.38. The fourth-order valence-electron chi connectivity index (χ4n) is 1.39. The van der Waals surface area contributed by atoms with Crippen LogP contribution in [0.4, 0.5) is 5.69 Å². The van der Waals surface area contributed by atoms with Crippen molar-refractivity contribution in [3.63, 3.8) is 0 Å². The van der Waals surface area contributed by atoms with E-state index in [2.05, 4.69) is 4.74 Å². The number of carbonyl (C=O) groups is 2. The Morgan fingerprint density at radius 2 is 2.00 bits per heavy atom. The predicted octanol–water partition coefficient (Wildman–Crippen LogP) is 0.522. The van der Waals surface area contributed by atoms with Crippen LogP contribution in [0.3, 0.4) is 0 Å². The minimum atomic E-state index is -0.478. The van der Waals surface area contributed by atoms with Crippen LogP contribution < -0.4 is 10.5 Å². The monoisotopic (exact) mass is 252 g/mol. The molecule has 1 aromatic rings. The van der Waals surface area contributed by atoms with E-state index in [9.17, 15) is 9.59 Å². The highest BCUT2D eigenvalue weighted by Crippen LogP contribution is 2.22. The Hall–Kier alpha value is -2.24. The lowest BCUT2D eigenvalue weighted by molar-refractivity contribution is -0.141. The largest absolute Gasteiger partial charge is 0.495 e. The first-order valence-electron chi connectivity index (χ1n) is 5.25. The molecule has 0 aliphatic rings. The van der Waals surface area contributed by atoms with Crippen LogP contribution in [0.15, 0.2) is 18.2 Å². The Morgan fingerprint density at radius 3 is 2.56 bits per heavy atom. The van der Waals surface area contributed by atoms with Gasteiger partial charge in [-0.05, 0) is 18.2 Å². The summed E-state index contributed by atoms with van der Waals surface area (Å²) in [7, 11) is 4.26. The second-order valence-electron chi connectivity index (χ2n) is 3.69. The van der Waals surface area contributed by atoms with Crippen LogP contribution in [0.1, 0.15) is 10.4 Å². The normalized spacial score (nSPS) is 9.72. The van der Waals surface area contributed by atoms with Crippen molar-refractivity contribution in [3.05, 3.63) is 23.8 Å². The standard InChI is InChI=1S/C12H16N2O4/c1-14(7-11(15)18-3)12(16)8-4-5-9(13)10(6-8)17-2/h4-6H,7,13H2,1-3H3. The molecule has 0 aliphatic heterocycles. The van der Waals surface area contributed by atoms with Gasteiger partial charge >= 0.3 is 5.97 Å². The molecular weight excluding hydrogens is 236 g/mol. The van der Waals surface area contributed by atoms with Crippen molar-refractivity contribution in [2.75, 3.05) is 33.5 Å². The molecule has 0 bridgehead atoms. The van der Waals surface area contributed by atoms with Gasteiger partial charge in [0.25, 0.3) is 5.91 Å². The van der Waals surface area contributed by atoms with Gasteiger partial charge in [0.05, 0.1) is 19.9 Å². The molecule has 0 spiro atoms. The summed E-state index contributed by atoms with van der Waals surface area (Å²) in [5.41, 5.74) is 6.50. The molecule has 1 aromatic carbocycles. The molecule has 6 heteroatoms. The number of likely N-dealkylation sites (N-methyl/N-ethyl adjacent to an activating group) is 1. The number of hydrogen-bond acceptors (Lipinski definition) is 5. The van der Waals surface area contributed by atoms with Crippen LogP contribution in [0.5, 0.6) is 5.75 Å². The summed E-state index contributed by atoms with van der Waals surface area (Å²) in [5, 5.41) is 0. The molecule has 0 aromatic heterocycles. The quantitative estimate of drug-likeness (QED) is 0.624. The van der Waals surface area contributed by atoms with E-state index in [-0.39, 0.29) is 12.5 Å². The van der Waals surface area contributed by atoms with E-state index in [1.54, 1.807) is 12.1 Å². The summed E-state index contributed by atoms with van der Waals surface area (Å²) in [6.45, 7) is -0.109. The van der Waals surface area contributed by atoms with E-state index in [1.807, 2.05) is 0 Å². The first kappa shape index (κ1) is 13.8. The lowest BCUT2D eigenvalue weighted by Gasteiger charge is -2.16. The number of anilines is 1. The van der Waals surface area contributed by atoms with Gasteiger partial charge < -0.3 is 20.1 Å². The molecule has 0 fully saturated rings. The Kier molecular flexibility index (Phi) is 4.53. The van der Waals surface area contributed by atoms with Crippen molar-refractivity contribution in [3.8, 4) is 5.75 Å². The Balaban J connectivity index is 2.86. The zero-order valence-corrected chi connectivity index (χ0v) is 10.6. The van der Waals surface area contributed by atoms with Crippen LogP contribution in [-0.2, 0) is 9.53 Å². The summed E-state index contributed by atoms with van der Waals surface area (Å²) in [6, 6.07) is 4.69. The second-order valence-corrected chi connectivity index (χ2v) is 3.69. The molecule has 6 nitrogen and oxygen atoms in total. The maximum absolute atomic E-state index is 12.0. The van der Waals surface area contributed by atoms with Crippen LogP contribution in [0.2, 0.25) is 0 Å². The van der Waals surface area contributed by atoms with Crippen molar-refractivity contribution < 1.29 is 19.1 Å². The van der Waals surface area contributed by atoms with E-state index >= 15 is 0 Å². The Bertz CT molecular complexity index is 459. The fraction of sp³-hybridized carbons (Fsp3) is 0.333. The van der Waals surface area contributed by atoms with Gasteiger partial charge in [0.2, 0.25) is 0 Å². The molecule has 0 saturated carbocycles. The minimum Gasteiger partial charge on any atom is -0.495 e. The molecule has 98 valence electrons. The average molecular weight is 252 g/mol. The summed E-state index contributed by atoms with van der Waals surface area (Å²) in [4.78, 5) is 24.3. The summed E-state index contributed by atoms with van der Waals surface area (Å²) in [6.07, 6.45) is 0. The van der Waals surface area contributed by atoms with Crippen molar-refractivity contribution in [1.29, 1.82) is 0 Å². The highest BCUT2D eigenvalue weighted by Gasteiger charge is 2.16. The minimum absolute atomic E-state index is 0.109. The SMILES string of the molecule is COC(=O)CN(C)C(=O)c1ccc(N)c(OC)c1. The van der Waals surface area contributed by atoms with Gasteiger partial charge in [-0.3, -0.25) is 9.59 Å². The number of carbonyl (C=O) groups excluding carboxylic acids is 2. The van der Waals surface area contributed by atoms with Crippen LogP contribution in [0, 0.1) is 0 Å². The molecule has 1 rings (SSSR count). The van der Waals surface area contributed by atoms with Gasteiger partial charge in [0.1, 0.15) is 12.3 Å². The number of nitrogen functional groups attached to an aromatic ring is 1. The number of rotatable bonds is 4. The summed E-state index contributed by atoms with van der Waals surface area (Å²) < 4.78 is 9.52. The van der Waals surface area contributed by atoms with Crippen molar-refractivity contribution >= 4 is 17.6 Å². The third-order valence-corrected chi connectivity index (χ3v) is 2.42. The van der Waals surface area contributed by atoms with Crippen molar-refractivity contribution in [2.24, 2.45) is 0 Å². The highest BCUT2D eigenvalue weighted by atomic mass is 16.5. The molecule has 1 amide bonds. The molecule has 0 saturated heterocycles. The molecule has 0 aliphatic carbocycles. The molecule has 0 heterocycles. The van der Waals surface area contributed by atoms with E-state index in [4.69, 9.17) is 10.5 Å². The first-order chi connectivity index (χ1) is 8.49. The van der Waals surface area contributed by atoms with Gasteiger partial charge in [-0.2, -0.15) is 0 Å². The smallest absolute Gasteiger partial charge is 0.325 e. The van der Waals surface area contributed by atoms with Crippen LogP contribution >= 0.6 is 0 Å². The third-order valence-electron chi connectivity index (χ3n) is 2.42. The Morgan fingerprint density at radius 1 is 1.33 bits per heavy atom. The number of methoxy groups -OCH3 is 2. The van der Waals surface area contributed by atoms with Crippen LogP contribution in [-0.4, -0.2) is 44.6 Å². The van der Waals surface area contributed by atoms with E-state index in [0.717, 1.165) is 0 Å².